The van der Waals surface area contributed by atoms with Crippen LogP contribution in [-0.2, 0) is 31.6 Å². The number of ether oxygens (including phenoxy) is 1. The van der Waals surface area contributed by atoms with Crippen LogP contribution in [0.2, 0.25) is 0 Å². The molecular formula is C10H15N4O13P3S. The normalized spacial score (nSPS) is 34.4. The maximum Gasteiger partial charge on any atom is 0.490 e. The third-order valence-corrected chi connectivity index (χ3v) is 8.02. The van der Waals surface area contributed by atoms with Crippen molar-refractivity contribution in [1.29, 1.82) is 0 Å². The van der Waals surface area contributed by atoms with Crippen molar-refractivity contribution in [2.45, 2.75) is 30.6 Å². The second kappa shape index (κ2) is 8.85. The van der Waals surface area contributed by atoms with Crippen molar-refractivity contribution >= 4 is 59.2 Å². The van der Waals surface area contributed by atoms with Crippen molar-refractivity contribution in [1.82, 2.24) is 4.90 Å². The molecule has 3 aliphatic heterocycles. The maximum absolute atomic E-state index is 11.8. The highest BCUT2D eigenvalue weighted by Gasteiger charge is 2.50. The van der Waals surface area contributed by atoms with E-state index in [9.17, 15) is 28.8 Å². The van der Waals surface area contributed by atoms with Crippen LogP contribution in [0.4, 0.5) is 0 Å². The molecule has 7 atom stereocenters. The van der Waals surface area contributed by atoms with Crippen LogP contribution in [0.1, 0.15) is 0 Å². The molecule has 0 amide bonds. The van der Waals surface area contributed by atoms with Gasteiger partial charge in [-0.2, -0.15) is 8.62 Å². The molecule has 1 saturated heterocycles. The Labute approximate surface area is 178 Å². The zero-order chi connectivity index (χ0) is 23.2. The largest absolute Gasteiger partial charge is 0.490 e. The van der Waals surface area contributed by atoms with E-state index in [-0.39, 0.29) is 10.8 Å². The van der Waals surface area contributed by atoms with Crippen LogP contribution >= 0.6 is 35.7 Å². The molecule has 0 aromatic carbocycles. The molecule has 0 spiro atoms. The Morgan fingerprint density at radius 3 is 2.42 bits per heavy atom. The van der Waals surface area contributed by atoms with Crippen molar-refractivity contribution in [3.05, 3.63) is 0 Å². The summed E-state index contributed by atoms with van der Waals surface area (Å²) < 4.78 is 50.7. The standard InChI is InChI=1S/C10H15N4O13P3S/c15-6-4(1-24-29(20,21)27-30(22,23)26-28(17,18)19)25-10(7(6)16)14-3-13-5-8(14)11-2-12-9(5)31/h2-7,10,15-16H,1H2,(H,20,21)(H,22,23)(H2,17,18,19)/t4-,5?,6-,7-,10-/m1/s1. The van der Waals surface area contributed by atoms with Crippen LogP contribution in [0.3, 0.4) is 0 Å². The molecule has 31 heavy (non-hydrogen) atoms. The number of nitrogens with zero attached hydrogens (tertiary/aromatic N) is 4. The molecule has 21 heteroatoms. The van der Waals surface area contributed by atoms with Crippen molar-refractivity contribution in [3.8, 4) is 0 Å². The third-order valence-electron chi connectivity index (χ3n) is 3.89. The number of hydrogen-bond donors (Lipinski definition) is 6. The lowest BCUT2D eigenvalue weighted by molar-refractivity contribution is -0.0501. The summed E-state index contributed by atoms with van der Waals surface area (Å²) in [6.07, 6.45) is -3.52. The van der Waals surface area contributed by atoms with Crippen LogP contribution in [-0.4, -0.2) is 95.4 Å². The van der Waals surface area contributed by atoms with Crippen LogP contribution in [0.15, 0.2) is 15.0 Å². The van der Waals surface area contributed by atoms with E-state index in [1.165, 1.54) is 17.6 Å². The summed E-state index contributed by atoms with van der Waals surface area (Å²) >= 11 is 5.04. The molecular weight excluding hydrogens is 509 g/mol. The first-order chi connectivity index (χ1) is 14.2. The number of phosphoric ester groups is 1. The van der Waals surface area contributed by atoms with Crippen LogP contribution in [0.5, 0.6) is 0 Å². The summed E-state index contributed by atoms with van der Waals surface area (Å²) in [6, 6.07) is -0.693. The van der Waals surface area contributed by atoms with E-state index in [2.05, 4.69) is 28.1 Å². The zero-order valence-corrected chi connectivity index (χ0v) is 18.3. The molecule has 0 bridgehead atoms. The number of aliphatic hydroxyl groups is 2. The predicted octanol–water partition coefficient (Wildman–Crippen LogP) is -1.74. The summed E-state index contributed by atoms with van der Waals surface area (Å²) in [5, 5.41) is 20.4. The molecule has 174 valence electrons. The van der Waals surface area contributed by atoms with Gasteiger partial charge < -0.3 is 34.5 Å². The van der Waals surface area contributed by atoms with Gasteiger partial charge in [0.15, 0.2) is 12.3 Å². The lowest BCUT2D eigenvalue weighted by Crippen LogP contribution is -2.48. The predicted molar refractivity (Wildman–Crippen MR) is 103 cm³/mol. The fraction of sp³-hybridized carbons (Fsp3) is 0.600. The Balaban J connectivity index is 1.63. The second-order valence-electron chi connectivity index (χ2n) is 6.08. The van der Waals surface area contributed by atoms with Crippen molar-refractivity contribution in [2.75, 3.05) is 6.61 Å². The lowest BCUT2D eigenvalue weighted by Gasteiger charge is -2.27. The highest BCUT2D eigenvalue weighted by molar-refractivity contribution is 7.80. The number of fused-ring (bicyclic) bond motifs is 1. The molecule has 0 radical (unpaired) electrons. The van der Waals surface area contributed by atoms with Crippen LogP contribution < -0.4 is 0 Å². The van der Waals surface area contributed by atoms with E-state index in [1.54, 1.807) is 0 Å². The molecule has 6 N–H and O–H groups in total. The number of aliphatic hydroxyl groups excluding tert-OH is 2. The smallest absolute Gasteiger partial charge is 0.387 e. The van der Waals surface area contributed by atoms with Gasteiger partial charge in [0.05, 0.1) is 12.9 Å². The molecule has 3 aliphatic rings. The first-order valence-corrected chi connectivity index (χ1v) is 12.9. The fourth-order valence-electron chi connectivity index (χ4n) is 2.70. The molecule has 3 rings (SSSR count). The van der Waals surface area contributed by atoms with Crippen molar-refractivity contribution < 1.29 is 61.4 Å². The van der Waals surface area contributed by atoms with Gasteiger partial charge in [-0.1, -0.05) is 12.2 Å². The van der Waals surface area contributed by atoms with Gasteiger partial charge in [-0.15, -0.1) is 0 Å². The van der Waals surface area contributed by atoms with Crippen LogP contribution in [0, 0.1) is 0 Å². The summed E-state index contributed by atoms with van der Waals surface area (Å²) in [5.74, 6) is 0.254. The average Bonchev–Trinajstić information content (AvgIpc) is 3.13. The van der Waals surface area contributed by atoms with E-state index in [4.69, 9.17) is 31.6 Å². The lowest BCUT2D eigenvalue weighted by atomic mass is 10.1. The Morgan fingerprint density at radius 1 is 1.10 bits per heavy atom. The maximum atomic E-state index is 11.8. The summed E-state index contributed by atoms with van der Waals surface area (Å²) in [5.41, 5.74) is 0. The van der Waals surface area contributed by atoms with Gasteiger partial charge in [-0.25, -0.2) is 23.7 Å². The number of aliphatic imine (C=N–C) groups is 3. The molecule has 17 nitrogen and oxygen atoms in total. The highest BCUT2D eigenvalue weighted by Crippen LogP contribution is 2.66. The molecule has 0 aliphatic carbocycles. The van der Waals surface area contributed by atoms with Gasteiger partial charge in [-0.3, -0.25) is 14.4 Å². The first kappa shape index (κ1) is 24.8. The van der Waals surface area contributed by atoms with Crippen LogP contribution in [0.25, 0.3) is 0 Å². The third kappa shape index (κ3) is 5.96. The Kier molecular flexibility index (Phi) is 7.09. The van der Waals surface area contributed by atoms with Crippen molar-refractivity contribution in [2.24, 2.45) is 15.0 Å². The fourth-order valence-corrected chi connectivity index (χ4v) is 5.94. The number of hydrogen-bond acceptors (Lipinski definition) is 13. The summed E-state index contributed by atoms with van der Waals surface area (Å²) in [7, 11) is -16.7. The second-order valence-corrected chi connectivity index (χ2v) is 10.9. The monoisotopic (exact) mass is 524 g/mol. The molecule has 0 saturated carbocycles. The van der Waals surface area contributed by atoms with Gasteiger partial charge in [0.1, 0.15) is 35.5 Å². The minimum Gasteiger partial charge on any atom is -0.387 e. The molecule has 0 aromatic rings. The average molecular weight is 524 g/mol. The number of rotatable bonds is 8. The Hall–Kier alpha value is -0.810. The van der Waals surface area contributed by atoms with E-state index in [0.29, 0.717) is 0 Å². The molecule has 3 heterocycles. The summed E-state index contributed by atoms with van der Waals surface area (Å²) in [6.45, 7) is -0.945. The van der Waals surface area contributed by atoms with E-state index >= 15 is 0 Å². The molecule has 1 fully saturated rings. The minimum atomic E-state index is -5.70. The quantitative estimate of drug-likeness (QED) is 0.152. The topological polar surface area (TPSA) is 250 Å². The zero-order valence-electron chi connectivity index (χ0n) is 14.8. The molecule has 0 aromatic heterocycles. The SMILES string of the molecule is O=P(O)(O)OP(=O)(O)OP(=O)(O)OC[C@H]1O[C@@H](N2C=NC3C(=S)N=CN=C32)[C@H](O)[C@@H]1O. The Morgan fingerprint density at radius 2 is 1.77 bits per heavy atom. The number of thiocarbonyl (C=S) groups is 1. The van der Waals surface area contributed by atoms with E-state index in [1.807, 2.05) is 0 Å². The number of amidine groups is 1. The summed E-state index contributed by atoms with van der Waals surface area (Å²) in [4.78, 5) is 49.0. The molecule has 3 unspecified atom stereocenters. The first-order valence-electron chi connectivity index (χ1n) is 7.95. The Bertz CT molecular complexity index is 983. The highest BCUT2D eigenvalue weighted by atomic mass is 32.1. The van der Waals surface area contributed by atoms with Gasteiger partial charge in [0, 0.05) is 0 Å². The van der Waals surface area contributed by atoms with Crippen molar-refractivity contribution in [3.63, 3.8) is 0 Å². The van der Waals surface area contributed by atoms with Gasteiger partial charge in [0.2, 0.25) is 0 Å². The number of phosphoric acid groups is 3. The van der Waals surface area contributed by atoms with Gasteiger partial charge in [0.25, 0.3) is 0 Å². The van der Waals surface area contributed by atoms with E-state index < -0.39 is 60.7 Å². The minimum absolute atomic E-state index is 0.209. The van der Waals surface area contributed by atoms with Gasteiger partial charge in [-0.05, 0) is 0 Å². The van der Waals surface area contributed by atoms with Gasteiger partial charge >= 0.3 is 23.5 Å². The van der Waals surface area contributed by atoms with E-state index in [0.717, 1.165) is 0 Å².